The fraction of sp³-hybridized carbons (Fsp3) is 0.409. The first kappa shape index (κ1) is 22.7. The van der Waals surface area contributed by atoms with Crippen molar-refractivity contribution in [3.63, 3.8) is 0 Å². The molecule has 8 heteroatoms. The Morgan fingerprint density at radius 2 is 1.90 bits per heavy atom. The second kappa shape index (κ2) is 10.3. The van der Waals surface area contributed by atoms with E-state index in [0.717, 1.165) is 5.56 Å². The molecule has 0 spiro atoms. The Kier molecular flexibility index (Phi) is 7.82. The summed E-state index contributed by atoms with van der Waals surface area (Å²) in [6, 6.07) is 13.6. The fourth-order valence-corrected chi connectivity index (χ4v) is 5.69. The van der Waals surface area contributed by atoms with E-state index in [4.69, 9.17) is 0 Å². The summed E-state index contributed by atoms with van der Waals surface area (Å²) in [6.45, 7) is 1.27. The van der Waals surface area contributed by atoms with Gasteiger partial charge in [0, 0.05) is 35.8 Å². The van der Waals surface area contributed by atoms with Crippen LogP contribution in [0.15, 0.2) is 53.3 Å². The van der Waals surface area contributed by atoms with Crippen LogP contribution in [0, 0.1) is 5.92 Å². The molecule has 2 heterocycles. The number of nitrogens with one attached hydrogen (secondary N) is 1. The van der Waals surface area contributed by atoms with Crippen LogP contribution in [-0.4, -0.2) is 57.3 Å². The minimum absolute atomic E-state index is 0.00952. The highest BCUT2D eigenvalue weighted by atomic mass is 32.2. The van der Waals surface area contributed by atoms with Crippen LogP contribution in [0.5, 0.6) is 0 Å². The molecule has 0 radical (unpaired) electrons. The molecule has 6 nitrogen and oxygen atoms in total. The summed E-state index contributed by atoms with van der Waals surface area (Å²) in [6.07, 6.45) is 2.69. The average molecular weight is 448 g/mol. The maximum absolute atomic E-state index is 12.7. The minimum Gasteiger partial charge on any atom is -0.354 e. The van der Waals surface area contributed by atoms with E-state index >= 15 is 0 Å². The van der Waals surface area contributed by atoms with E-state index in [9.17, 15) is 13.2 Å². The van der Waals surface area contributed by atoms with Crippen LogP contribution in [0.1, 0.15) is 29.3 Å². The minimum atomic E-state index is -3.48. The Hall–Kier alpha value is -2.00. The third-order valence-corrected chi connectivity index (χ3v) is 7.92. The van der Waals surface area contributed by atoms with Gasteiger partial charge in [-0.3, -0.25) is 4.79 Å². The Morgan fingerprint density at radius 3 is 2.50 bits per heavy atom. The highest BCUT2D eigenvalue weighted by Crippen LogP contribution is 2.24. The summed E-state index contributed by atoms with van der Waals surface area (Å²) >= 11 is 1.68. The summed E-state index contributed by atoms with van der Waals surface area (Å²) < 4.78 is 26.6. The van der Waals surface area contributed by atoms with Crippen molar-refractivity contribution >= 4 is 33.3 Å². The van der Waals surface area contributed by atoms with Crippen LogP contribution in [0.4, 0.5) is 0 Å². The van der Waals surface area contributed by atoms with E-state index in [2.05, 4.69) is 16.3 Å². The van der Waals surface area contributed by atoms with Crippen LogP contribution < -0.4 is 5.32 Å². The van der Waals surface area contributed by atoms with Crippen molar-refractivity contribution in [3.8, 4) is 0 Å². The second-order valence-corrected chi connectivity index (χ2v) is 10.5. The van der Waals surface area contributed by atoms with E-state index < -0.39 is 10.0 Å². The van der Waals surface area contributed by atoms with Crippen molar-refractivity contribution in [1.82, 2.24) is 14.5 Å². The average Bonchev–Trinajstić information content (AvgIpc) is 3.27. The lowest BCUT2D eigenvalue weighted by molar-refractivity contribution is -0.126. The van der Waals surface area contributed by atoms with Crippen LogP contribution in [-0.2, 0) is 14.8 Å². The molecule has 2 aromatic rings. The van der Waals surface area contributed by atoms with Gasteiger partial charge >= 0.3 is 0 Å². The highest BCUT2D eigenvalue weighted by molar-refractivity contribution is 7.92. The zero-order chi connectivity index (χ0) is 21.6. The third-order valence-electron chi connectivity index (χ3n) is 5.38. The number of sulfonamides is 1. The summed E-state index contributed by atoms with van der Waals surface area (Å²) in [7, 11) is 0.524. The molecule has 1 aromatic carbocycles. The van der Waals surface area contributed by atoms with Crippen LogP contribution >= 0.6 is 11.3 Å². The van der Waals surface area contributed by atoms with Gasteiger partial charge in [-0.15, -0.1) is 11.3 Å². The van der Waals surface area contributed by atoms with Crippen molar-refractivity contribution in [2.75, 3.05) is 33.7 Å². The first-order chi connectivity index (χ1) is 14.4. The maximum Gasteiger partial charge on any atom is 0.236 e. The first-order valence-corrected chi connectivity index (χ1v) is 12.5. The topological polar surface area (TPSA) is 69.7 Å². The van der Waals surface area contributed by atoms with Crippen molar-refractivity contribution in [3.05, 3.63) is 63.7 Å². The lowest BCUT2D eigenvalue weighted by Crippen LogP contribution is -2.43. The van der Waals surface area contributed by atoms with Crippen LogP contribution in [0.25, 0.3) is 6.08 Å². The number of hydrogen-bond acceptors (Lipinski definition) is 5. The third kappa shape index (κ3) is 6.01. The maximum atomic E-state index is 12.7. The van der Waals surface area contributed by atoms with E-state index in [-0.39, 0.29) is 17.9 Å². The molecule has 1 amide bonds. The van der Waals surface area contributed by atoms with Crippen molar-refractivity contribution in [1.29, 1.82) is 0 Å². The smallest absolute Gasteiger partial charge is 0.236 e. The number of amides is 1. The number of thiophene rings is 1. The molecule has 1 aliphatic rings. The summed E-state index contributed by atoms with van der Waals surface area (Å²) in [4.78, 5) is 16.0. The standard InChI is InChI=1S/C22H29N3O3S2/c1-24(2)20(21-9-6-15-29-21)17-23-22(26)19-10-13-25(14-11-19)30(27,28)16-12-18-7-4-3-5-8-18/h3-9,12,15-16,19-20H,10-11,13-14,17H2,1-2H3,(H,23,26)/b16-12+/t20-/m1/s1. The van der Waals surface area contributed by atoms with Gasteiger partial charge < -0.3 is 10.2 Å². The molecule has 1 fully saturated rings. The van der Waals surface area contributed by atoms with Gasteiger partial charge in [0.2, 0.25) is 15.9 Å². The zero-order valence-electron chi connectivity index (χ0n) is 17.4. The van der Waals surface area contributed by atoms with Gasteiger partial charge in [-0.25, -0.2) is 8.42 Å². The first-order valence-electron chi connectivity index (χ1n) is 10.1. The van der Waals surface area contributed by atoms with Crippen molar-refractivity contribution < 1.29 is 13.2 Å². The molecule has 1 saturated heterocycles. The Balaban J connectivity index is 1.51. The molecule has 30 heavy (non-hydrogen) atoms. The highest BCUT2D eigenvalue weighted by Gasteiger charge is 2.30. The van der Waals surface area contributed by atoms with Gasteiger partial charge in [0.1, 0.15) is 0 Å². The normalized spacial score (nSPS) is 17.4. The largest absolute Gasteiger partial charge is 0.354 e. The lowest BCUT2D eigenvalue weighted by atomic mass is 9.97. The Morgan fingerprint density at radius 1 is 1.20 bits per heavy atom. The van der Waals surface area contributed by atoms with Crippen LogP contribution in [0.3, 0.4) is 0 Å². The molecule has 3 rings (SSSR count). The van der Waals surface area contributed by atoms with Gasteiger partial charge in [-0.05, 0) is 50.0 Å². The van der Waals surface area contributed by atoms with E-state index in [1.165, 1.54) is 14.6 Å². The number of carbonyl (C=O) groups is 1. The van der Waals surface area contributed by atoms with Crippen LogP contribution in [0.2, 0.25) is 0 Å². The molecule has 1 N–H and O–H groups in total. The molecule has 0 unspecified atom stereocenters. The number of piperidine rings is 1. The number of benzene rings is 1. The fourth-order valence-electron chi connectivity index (χ4n) is 3.55. The Labute approximate surface area is 183 Å². The van der Waals surface area contributed by atoms with E-state index in [1.54, 1.807) is 17.4 Å². The predicted molar refractivity (Wildman–Crippen MR) is 122 cm³/mol. The molecular weight excluding hydrogens is 418 g/mol. The number of hydrogen-bond donors (Lipinski definition) is 1. The second-order valence-electron chi connectivity index (χ2n) is 7.67. The van der Waals surface area contributed by atoms with Gasteiger partial charge in [0.05, 0.1) is 6.04 Å². The number of nitrogens with zero attached hydrogens (tertiary/aromatic N) is 2. The zero-order valence-corrected chi connectivity index (χ0v) is 19.0. The van der Waals surface area contributed by atoms with Crippen molar-refractivity contribution in [2.24, 2.45) is 5.92 Å². The molecule has 162 valence electrons. The number of carbonyl (C=O) groups excluding carboxylic acids is 1. The Bertz CT molecular complexity index is 933. The molecule has 0 saturated carbocycles. The molecule has 0 bridgehead atoms. The summed E-state index contributed by atoms with van der Waals surface area (Å²) in [5.41, 5.74) is 0.844. The van der Waals surface area contributed by atoms with Gasteiger partial charge in [0.15, 0.2) is 0 Å². The van der Waals surface area contributed by atoms with Gasteiger partial charge in [-0.1, -0.05) is 36.4 Å². The van der Waals surface area contributed by atoms with Crippen molar-refractivity contribution in [2.45, 2.75) is 18.9 Å². The molecule has 0 aliphatic carbocycles. The summed E-state index contributed by atoms with van der Waals surface area (Å²) in [5, 5.41) is 6.36. The number of rotatable bonds is 8. The monoisotopic (exact) mass is 447 g/mol. The van der Waals surface area contributed by atoms with E-state index in [0.29, 0.717) is 32.5 Å². The quantitative estimate of drug-likeness (QED) is 0.675. The SMILES string of the molecule is CN(C)[C@H](CNC(=O)C1CCN(S(=O)(=O)/C=C/c2ccccc2)CC1)c1cccs1. The number of likely N-dealkylation sites (N-methyl/N-ethyl adjacent to an activating group) is 1. The molecular formula is C22H29N3O3S2. The molecule has 1 aliphatic heterocycles. The predicted octanol–water partition coefficient (Wildman–Crippen LogP) is 3.18. The van der Waals surface area contributed by atoms with Gasteiger partial charge in [0.25, 0.3) is 0 Å². The summed E-state index contributed by atoms with van der Waals surface area (Å²) in [5.74, 6) is -0.143. The molecule has 1 aromatic heterocycles. The molecule has 1 atom stereocenters. The lowest BCUT2D eigenvalue weighted by Gasteiger charge is -2.30. The van der Waals surface area contributed by atoms with Gasteiger partial charge in [-0.2, -0.15) is 4.31 Å². The van der Waals surface area contributed by atoms with E-state index in [1.807, 2.05) is 55.9 Å².